The number of benzene rings is 2. The van der Waals surface area contributed by atoms with Crippen molar-refractivity contribution in [3.05, 3.63) is 76.8 Å². The van der Waals surface area contributed by atoms with Crippen molar-refractivity contribution in [1.82, 2.24) is 0 Å². The number of methoxy groups -OCH3 is 2. The predicted octanol–water partition coefficient (Wildman–Crippen LogP) is 4.64. The lowest BCUT2D eigenvalue weighted by atomic mass is 9.68. The smallest absolute Gasteiger partial charge is 0.162 e. The number of nitriles is 1. The van der Waals surface area contributed by atoms with Gasteiger partial charge in [-0.05, 0) is 53.8 Å². The van der Waals surface area contributed by atoms with E-state index in [2.05, 4.69) is 19.9 Å². The van der Waals surface area contributed by atoms with Crippen LogP contribution >= 0.6 is 0 Å². The molecule has 6 nitrogen and oxygen atoms in total. The molecule has 1 aliphatic heterocycles. The Kier molecular flexibility index (Phi) is 5.43. The zero-order chi connectivity index (χ0) is 23.0. The third-order valence-corrected chi connectivity index (χ3v) is 6.16. The Hall–Kier alpha value is -3.72. The Labute approximate surface area is 188 Å². The molecule has 0 saturated heterocycles. The Morgan fingerprint density at radius 2 is 1.56 bits per heavy atom. The normalized spacial score (nSPS) is 20.0. The summed E-state index contributed by atoms with van der Waals surface area (Å²) in [6.07, 6.45) is 1.10. The Balaban J connectivity index is 1.94. The Morgan fingerprint density at radius 1 is 1.00 bits per heavy atom. The molecule has 0 amide bonds. The Morgan fingerprint density at radius 3 is 2.09 bits per heavy atom. The number of carbonyl (C=O) groups is 1. The molecule has 32 heavy (non-hydrogen) atoms. The number of carbonyl (C=O) groups excluding carboxylic acids is 1. The number of Topliss-reactive ketones (excluding diaryl/α,β-unsaturated/α-hetero) is 1. The molecule has 2 N–H and O–H groups in total. The van der Waals surface area contributed by atoms with E-state index in [1.54, 1.807) is 14.2 Å². The van der Waals surface area contributed by atoms with Crippen LogP contribution < -0.4 is 20.1 Å². The molecule has 4 rings (SSSR count). The van der Waals surface area contributed by atoms with Crippen molar-refractivity contribution in [2.24, 2.45) is 11.1 Å². The quantitative estimate of drug-likeness (QED) is 0.761. The number of nitrogens with two attached hydrogens (primary N) is 1. The molecule has 1 heterocycles. The van der Waals surface area contributed by atoms with Crippen LogP contribution in [0.4, 0.5) is 5.69 Å². The van der Waals surface area contributed by atoms with Crippen LogP contribution in [-0.2, 0) is 4.79 Å². The van der Waals surface area contributed by atoms with Crippen LogP contribution in [0, 0.1) is 16.7 Å². The van der Waals surface area contributed by atoms with Gasteiger partial charge < -0.3 is 15.2 Å². The first-order valence-electron chi connectivity index (χ1n) is 10.5. The topological polar surface area (TPSA) is 88.6 Å². The first kappa shape index (κ1) is 21.5. The zero-order valence-corrected chi connectivity index (χ0v) is 18.8. The van der Waals surface area contributed by atoms with Crippen LogP contribution in [0.2, 0.25) is 0 Å². The second-order valence-electron chi connectivity index (χ2n) is 8.95. The van der Waals surface area contributed by atoms with Gasteiger partial charge in [0.15, 0.2) is 5.78 Å². The highest BCUT2D eigenvalue weighted by atomic mass is 16.5. The van der Waals surface area contributed by atoms with E-state index in [4.69, 9.17) is 15.2 Å². The molecule has 0 fully saturated rings. The molecule has 0 bridgehead atoms. The van der Waals surface area contributed by atoms with Crippen LogP contribution in [-0.4, -0.2) is 20.0 Å². The molecule has 1 unspecified atom stereocenters. The lowest BCUT2D eigenvalue weighted by Crippen LogP contribution is -2.42. The first-order chi connectivity index (χ1) is 15.3. The van der Waals surface area contributed by atoms with Crippen LogP contribution in [0.15, 0.2) is 71.2 Å². The number of nitrogens with zero attached hydrogens (tertiary/aromatic N) is 2. The number of rotatable bonds is 4. The van der Waals surface area contributed by atoms with E-state index in [1.807, 2.05) is 53.4 Å². The van der Waals surface area contributed by atoms with Gasteiger partial charge in [0.05, 0.1) is 31.8 Å². The summed E-state index contributed by atoms with van der Waals surface area (Å²) < 4.78 is 10.6. The van der Waals surface area contributed by atoms with Gasteiger partial charge in [0.1, 0.15) is 17.3 Å². The summed E-state index contributed by atoms with van der Waals surface area (Å²) in [4.78, 5) is 15.4. The molecular formula is C26H27N3O3. The molecule has 2 aliphatic rings. The Bertz CT molecular complexity index is 1150. The molecule has 164 valence electrons. The average molecular weight is 430 g/mol. The monoisotopic (exact) mass is 429 g/mol. The molecule has 6 heteroatoms. The molecule has 1 aliphatic carbocycles. The molecule has 0 radical (unpaired) electrons. The van der Waals surface area contributed by atoms with Crippen LogP contribution in [0.3, 0.4) is 0 Å². The fourth-order valence-corrected chi connectivity index (χ4v) is 4.66. The van der Waals surface area contributed by atoms with Crippen molar-refractivity contribution in [3.8, 4) is 17.6 Å². The minimum atomic E-state index is -0.501. The summed E-state index contributed by atoms with van der Waals surface area (Å²) >= 11 is 0. The maximum atomic E-state index is 13.5. The molecular weight excluding hydrogens is 402 g/mol. The van der Waals surface area contributed by atoms with Gasteiger partial charge in [-0.15, -0.1) is 0 Å². The molecule has 2 aromatic rings. The van der Waals surface area contributed by atoms with E-state index >= 15 is 0 Å². The maximum Gasteiger partial charge on any atom is 0.162 e. The van der Waals surface area contributed by atoms with Crippen molar-refractivity contribution >= 4 is 11.5 Å². The van der Waals surface area contributed by atoms with Gasteiger partial charge in [0.2, 0.25) is 0 Å². The number of hydrogen-bond donors (Lipinski definition) is 1. The van der Waals surface area contributed by atoms with Gasteiger partial charge in [0.25, 0.3) is 0 Å². The predicted molar refractivity (Wildman–Crippen MR) is 123 cm³/mol. The molecule has 0 aromatic heterocycles. The van der Waals surface area contributed by atoms with Crippen LogP contribution in [0.5, 0.6) is 11.5 Å². The molecule has 1 atom stereocenters. The highest BCUT2D eigenvalue weighted by molar-refractivity contribution is 6.01. The minimum Gasteiger partial charge on any atom is -0.497 e. The van der Waals surface area contributed by atoms with Crippen LogP contribution in [0.25, 0.3) is 0 Å². The molecule has 2 aromatic carbocycles. The highest BCUT2D eigenvalue weighted by Gasteiger charge is 2.44. The summed E-state index contributed by atoms with van der Waals surface area (Å²) in [5.41, 5.74) is 9.95. The maximum absolute atomic E-state index is 13.5. The lowest BCUT2D eigenvalue weighted by molar-refractivity contribution is -0.118. The standard InChI is InChI=1S/C26H27N3O3/c1-26(2)13-21-24(22(30)14-26)23(16-5-9-18(31-3)10-6-16)20(15-27)25(28)29(21)17-7-11-19(32-4)12-8-17/h5-12,23H,13-14,28H2,1-4H3. The number of hydrogen-bond acceptors (Lipinski definition) is 6. The van der Waals surface area contributed by atoms with Crippen molar-refractivity contribution in [3.63, 3.8) is 0 Å². The largest absolute Gasteiger partial charge is 0.497 e. The molecule has 0 saturated carbocycles. The number of allylic oxidation sites excluding steroid dienone is 3. The van der Waals surface area contributed by atoms with E-state index in [1.165, 1.54) is 0 Å². The second-order valence-corrected chi connectivity index (χ2v) is 8.95. The van der Waals surface area contributed by atoms with Gasteiger partial charge in [0, 0.05) is 23.4 Å². The zero-order valence-electron chi connectivity index (χ0n) is 18.8. The fourth-order valence-electron chi connectivity index (χ4n) is 4.66. The van der Waals surface area contributed by atoms with Gasteiger partial charge in [-0.3, -0.25) is 9.69 Å². The third kappa shape index (κ3) is 3.60. The number of ether oxygens (including phenoxy) is 2. The van der Waals surface area contributed by atoms with E-state index in [0.29, 0.717) is 35.6 Å². The van der Waals surface area contributed by atoms with E-state index in [0.717, 1.165) is 22.7 Å². The fraction of sp³-hybridized carbons (Fsp3) is 0.308. The second kappa shape index (κ2) is 8.08. The van der Waals surface area contributed by atoms with E-state index in [-0.39, 0.29) is 11.2 Å². The van der Waals surface area contributed by atoms with Crippen LogP contribution in [0.1, 0.15) is 38.2 Å². The highest BCUT2D eigenvalue weighted by Crippen LogP contribution is 2.50. The van der Waals surface area contributed by atoms with Crippen molar-refractivity contribution < 1.29 is 14.3 Å². The summed E-state index contributed by atoms with van der Waals surface area (Å²) in [5.74, 6) is 1.34. The van der Waals surface area contributed by atoms with Gasteiger partial charge >= 0.3 is 0 Å². The summed E-state index contributed by atoms with van der Waals surface area (Å²) in [6.45, 7) is 4.17. The van der Waals surface area contributed by atoms with Crippen molar-refractivity contribution in [1.29, 1.82) is 5.26 Å². The SMILES string of the molecule is COc1ccc(C2C(C#N)=C(N)N(c3ccc(OC)cc3)C3=C2C(=O)CC(C)(C)C3)cc1. The van der Waals surface area contributed by atoms with Crippen molar-refractivity contribution in [2.75, 3.05) is 19.1 Å². The molecule has 0 spiro atoms. The van der Waals surface area contributed by atoms with Gasteiger partial charge in [-0.25, -0.2) is 0 Å². The first-order valence-corrected chi connectivity index (χ1v) is 10.5. The number of anilines is 1. The number of ketones is 1. The third-order valence-electron chi connectivity index (χ3n) is 6.16. The average Bonchev–Trinajstić information content (AvgIpc) is 2.78. The van der Waals surface area contributed by atoms with E-state index < -0.39 is 5.92 Å². The lowest BCUT2D eigenvalue weighted by Gasteiger charge is -2.43. The van der Waals surface area contributed by atoms with Crippen molar-refractivity contribution in [2.45, 2.75) is 32.6 Å². The summed E-state index contributed by atoms with van der Waals surface area (Å²) in [7, 11) is 3.22. The van der Waals surface area contributed by atoms with E-state index in [9.17, 15) is 10.1 Å². The van der Waals surface area contributed by atoms with Gasteiger partial charge in [-0.1, -0.05) is 26.0 Å². The summed E-state index contributed by atoms with van der Waals surface area (Å²) in [5, 5.41) is 10.1. The van der Waals surface area contributed by atoms with Gasteiger partial charge in [-0.2, -0.15) is 5.26 Å². The minimum absolute atomic E-state index is 0.0517. The summed E-state index contributed by atoms with van der Waals surface area (Å²) in [6, 6.07) is 17.3.